The van der Waals surface area contributed by atoms with Gasteiger partial charge in [0, 0.05) is 16.5 Å². The van der Waals surface area contributed by atoms with Gasteiger partial charge in [-0.1, -0.05) is 48.0 Å². The van der Waals surface area contributed by atoms with E-state index in [-0.39, 0.29) is 17.3 Å². The molecule has 0 N–H and O–H groups in total. The van der Waals surface area contributed by atoms with E-state index in [1.54, 1.807) is 32.0 Å². The molecule has 0 unspecified atom stereocenters. The lowest BCUT2D eigenvalue weighted by atomic mass is 9.86. The maximum Gasteiger partial charge on any atom is 0.201 e. The van der Waals surface area contributed by atoms with Crippen molar-refractivity contribution in [3.63, 3.8) is 0 Å². The van der Waals surface area contributed by atoms with Crippen LogP contribution in [0.25, 0.3) is 0 Å². The summed E-state index contributed by atoms with van der Waals surface area (Å²) in [4.78, 5) is 24.2. The summed E-state index contributed by atoms with van der Waals surface area (Å²) < 4.78 is 0. The van der Waals surface area contributed by atoms with Crippen LogP contribution in [0.4, 0.5) is 0 Å². The van der Waals surface area contributed by atoms with Crippen molar-refractivity contribution in [2.75, 3.05) is 5.75 Å². The Morgan fingerprint density at radius 1 is 1.26 bits per heavy atom. The fourth-order valence-corrected chi connectivity index (χ4v) is 2.70. The number of carbonyl (C=O) groups excluding carboxylic acids is 2. The van der Waals surface area contributed by atoms with Crippen molar-refractivity contribution in [2.45, 2.75) is 27.2 Å². The maximum atomic E-state index is 12.3. The molecule has 0 fully saturated rings. The van der Waals surface area contributed by atoms with Gasteiger partial charge >= 0.3 is 0 Å². The lowest BCUT2D eigenvalue weighted by Gasteiger charge is -2.21. The van der Waals surface area contributed by atoms with Gasteiger partial charge in [-0.3, -0.25) is 9.59 Å². The number of halogens is 2. The van der Waals surface area contributed by atoms with Gasteiger partial charge in [-0.15, -0.1) is 0 Å². The van der Waals surface area contributed by atoms with Crippen molar-refractivity contribution < 1.29 is 9.59 Å². The largest absolute Gasteiger partial charge is 0.298 e. The quantitative estimate of drug-likeness (QED) is 0.754. The number of Topliss-reactive ketones (excluding diaryl/α,β-unsaturated/α-hetero) is 1. The van der Waals surface area contributed by atoms with Gasteiger partial charge in [0.2, 0.25) is 5.12 Å². The van der Waals surface area contributed by atoms with E-state index < -0.39 is 5.41 Å². The molecule has 0 aliphatic carbocycles. The van der Waals surface area contributed by atoms with Crippen LogP contribution in [0.1, 0.15) is 26.3 Å². The number of hydrogen-bond acceptors (Lipinski definition) is 3. The van der Waals surface area contributed by atoms with Crippen LogP contribution in [-0.2, 0) is 16.0 Å². The minimum absolute atomic E-state index is 0.106. The lowest BCUT2D eigenvalue weighted by molar-refractivity contribution is -0.133. The fraction of sp³-hybridized carbons (Fsp3) is 0.429. The number of rotatable bonds is 5. The highest BCUT2D eigenvalue weighted by molar-refractivity contribution is 8.13. The Bertz CT molecular complexity index is 498. The van der Waals surface area contributed by atoms with Crippen LogP contribution < -0.4 is 0 Å². The SMILES string of the molecule is CCSC(=O)C(C)(C)C(=O)Cc1ccc(Cl)cc1Cl. The summed E-state index contributed by atoms with van der Waals surface area (Å²) in [5, 5.41) is 0.871. The van der Waals surface area contributed by atoms with Gasteiger partial charge in [0.25, 0.3) is 0 Å². The van der Waals surface area contributed by atoms with Gasteiger partial charge in [0.15, 0.2) is 5.78 Å². The third kappa shape index (κ3) is 4.23. The number of hydrogen-bond donors (Lipinski definition) is 0. The second-order valence-corrected chi connectivity index (χ2v) is 6.76. The molecule has 2 nitrogen and oxygen atoms in total. The van der Waals surface area contributed by atoms with Crippen LogP contribution in [0.15, 0.2) is 18.2 Å². The second kappa shape index (κ2) is 6.78. The van der Waals surface area contributed by atoms with Crippen LogP contribution in [-0.4, -0.2) is 16.7 Å². The van der Waals surface area contributed by atoms with Gasteiger partial charge < -0.3 is 0 Å². The standard InChI is InChI=1S/C14H16Cl2O2S/c1-4-19-13(18)14(2,3)12(17)7-9-5-6-10(15)8-11(9)16/h5-6,8H,4,7H2,1-3H3. The predicted molar refractivity (Wildman–Crippen MR) is 82.1 cm³/mol. The average Bonchev–Trinajstić information content (AvgIpc) is 2.32. The smallest absolute Gasteiger partial charge is 0.201 e. The van der Waals surface area contributed by atoms with Crippen molar-refractivity contribution >= 4 is 45.9 Å². The van der Waals surface area contributed by atoms with E-state index in [9.17, 15) is 9.59 Å². The second-order valence-electron chi connectivity index (χ2n) is 4.68. The maximum absolute atomic E-state index is 12.3. The van der Waals surface area contributed by atoms with E-state index in [1.807, 2.05) is 6.92 Å². The molecule has 0 saturated carbocycles. The highest BCUT2D eigenvalue weighted by Crippen LogP contribution is 2.29. The van der Waals surface area contributed by atoms with E-state index in [4.69, 9.17) is 23.2 Å². The molecule has 5 heteroatoms. The fourth-order valence-electron chi connectivity index (χ4n) is 1.48. The van der Waals surface area contributed by atoms with Crippen molar-refractivity contribution in [1.82, 2.24) is 0 Å². The molecule has 1 rings (SSSR count). The van der Waals surface area contributed by atoms with Gasteiger partial charge in [0.1, 0.15) is 0 Å². The lowest BCUT2D eigenvalue weighted by Crippen LogP contribution is -2.33. The zero-order valence-electron chi connectivity index (χ0n) is 11.1. The van der Waals surface area contributed by atoms with Crippen LogP contribution in [0, 0.1) is 5.41 Å². The zero-order chi connectivity index (χ0) is 14.6. The molecule has 0 amide bonds. The first-order chi connectivity index (χ1) is 8.78. The Labute approximate surface area is 127 Å². The first kappa shape index (κ1) is 16.5. The van der Waals surface area contributed by atoms with Gasteiger partial charge in [-0.2, -0.15) is 0 Å². The molecule has 104 valence electrons. The number of carbonyl (C=O) groups is 2. The summed E-state index contributed by atoms with van der Waals surface area (Å²) in [7, 11) is 0. The first-order valence-electron chi connectivity index (χ1n) is 5.93. The topological polar surface area (TPSA) is 34.1 Å². The van der Waals surface area contributed by atoms with E-state index in [0.717, 1.165) is 0 Å². The molecule has 19 heavy (non-hydrogen) atoms. The summed E-state index contributed by atoms with van der Waals surface area (Å²) in [5.74, 6) is 0.528. The zero-order valence-corrected chi connectivity index (χ0v) is 13.5. The molecular formula is C14H16Cl2O2S. The molecule has 0 aliphatic heterocycles. The van der Waals surface area contributed by atoms with Crippen molar-refractivity contribution in [2.24, 2.45) is 5.41 Å². The molecular weight excluding hydrogens is 303 g/mol. The van der Waals surface area contributed by atoms with Crippen molar-refractivity contribution in [1.29, 1.82) is 0 Å². The van der Waals surface area contributed by atoms with Crippen LogP contribution in [0.3, 0.4) is 0 Å². The predicted octanol–water partition coefficient (Wildman–Crippen LogP) is 4.41. The molecule has 0 spiro atoms. The Morgan fingerprint density at radius 3 is 2.42 bits per heavy atom. The van der Waals surface area contributed by atoms with Crippen molar-refractivity contribution in [3.05, 3.63) is 33.8 Å². The summed E-state index contributed by atoms with van der Waals surface area (Å²) in [6.07, 6.45) is 0.138. The molecule has 0 atom stereocenters. The third-order valence-corrected chi connectivity index (χ3v) is 4.50. The van der Waals surface area contributed by atoms with Crippen LogP contribution in [0.2, 0.25) is 10.0 Å². The highest BCUT2D eigenvalue weighted by atomic mass is 35.5. The summed E-state index contributed by atoms with van der Waals surface area (Å²) in [6.45, 7) is 5.20. The first-order valence-corrected chi connectivity index (χ1v) is 7.67. The van der Waals surface area contributed by atoms with Gasteiger partial charge in [0.05, 0.1) is 5.41 Å². The molecule has 1 aromatic carbocycles. The van der Waals surface area contributed by atoms with E-state index in [0.29, 0.717) is 21.4 Å². The molecule has 1 aromatic rings. The summed E-state index contributed by atoms with van der Waals surface area (Å²) in [5.41, 5.74) is -0.303. The molecule has 0 aromatic heterocycles. The average molecular weight is 319 g/mol. The van der Waals surface area contributed by atoms with Crippen LogP contribution in [0.5, 0.6) is 0 Å². The minimum Gasteiger partial charge on any atom is -0.298 e. The number of benzene rings is 1. The van der Waals surface area contributed by atoms with E-state index in [1.165, 1.54) is 11.8 Å². The summed E-state index contributed by atoms with van der Waals surface area (Å²) in [6, 6.07) is 5.00. The van der Waals surface area contributed by atoms with Crippen LogP contribution >= 0.6 is 35.0 Å². The van der Waals surface area contributed by atoms with E-state index >= 15 is 0 Å². The Morgan fingerprint density at radius 2 is 1.89 bits per heavy atom. The minimum atomic E-state index is -0.996. The molecule has 0 saturated heterocycles. The molecule has 0 radical (unpaired) electrons. The van der Waals surface area contributed by atoms with E-state index in [2.05, 4.69) is 0 Å². The third-order valence-electron chi connectivity index (χ3n) is 2.85. The van der Waals surface area contributed by atoms with Gasteiger partial charge in [-0.25, -0.2) is 0 Å². The molecule has 0 aliphatic rings. The van der Waals surface area contributed by atoms with Gasteiger partial charge in [-0.05, 0) is 37.3 Å². The monoisotopic (exact) mass is 318 g/mol. The number of thioether (sulfide) groups is 1. The van der Waals surface area contributed by atoms with Crippen molar-refractivity contribution in [3.8, 4) is 0 Å². The highest BCUT2D eigenvalue weighted by Gasteiger charge is 2.35. The Kier molecular flexibility index (Phi) is 5.90. The summed E-state index contributed by atoms with van der Waals surface area (Å²) >= 11 is 13.0. The molecule has 0 bridgehead atoms. The number of ketones is 1. The Balaban J connectivity index is 2.87. The molecule has 0 heterocycles. The normalized spacial score (nSPS) is 11.4. The Hall–Kier alpha value is -0.510.